The average Bonchev–Trinajstić information content (AvgIpc) is 2.40. The standard InChI is InChI=1S/C12H25N3O2S/c1-6-12(7-2,18-5)8-14-9(3)10(16)15-11(17)13-4/h9,14H,6-8H2,1-5H3,(H2,13,15,16,17). The summed E-state index contributed by atoms with van der Waals surface area (Å²) in [5.41, 5.74) is 0. The lowest BCUT2D eigenvalue weighted by Crippen LogP contribution is -2.50. The molecule has 0 aromatic rings. The summed E-state index contributed by atoms with van der Waals surface area (Å²) in [4.78, 5) is 22.7. The van der Waals surface area contributed by atoms with Gasteiger partial charge in [0.2, 0.25) is 5.91 Å². The van der Waals surface area contributed by atoms with Crippen molar-refractivity contribution in [3.8, 4) is 0 Å². The van der Waals surface area contributed by atoms with Crippen LogP contribution in [0.1, 0.15) is 33.6 Å². The fraction of sp³-hybridized carbons (Fsp3) is 0.833. The second-order valence-corrected chi connectivity index (χ2v) is 5.54. The maximum atomic E-state index is 11.7. The van der Waals surface area contributed by atoms with Crippen molar-refractivity contribution in [1.29, 1.82) is 0 Å². The molecule has 0 radical (unpaired) electrons. The zero-order valence-electron chi connectivity index (χ0n) is 11.9. The minimum Gasteiger partial charge on any atom is -0.341 e. The number of urea groups is 1. The Bertz CT molecular complexity index is 272. The van der Waals surface area contributed by atoms with Gasteiger partial charge in [-0.3, -0.25) is 10.1 Å². The van der Waals surface area contributed by atoms with Crippen LogP contribution in [0.3, 0.4) is 0 Å². The highest BCUT2D eigenvalue weighted by Crippen LogP contribution is 2.29. The monoisotopic (exact) mass is 275 g/mol. The van der Waals surface area contributed by atoms with Crippen molar-refractivity contribution in [2.24, 2.45) is 0 Å². The molecule has 0 aliphatic carbocycles. The normalized spacial score (nSPS) is 12.9. The maximum Gasteiger partial charge on any atom is 0.321 e. The van der Waals surface area contributed by atoms with Gasteiger partial charge >= 0.3 is 6.03 Å². The second-order valence-electron chi connectivity index (χ2n) is 4.27. The summed E-state index contributed by atoms with van der Waals surface area (Å²) in [6, 6.07) is -0.859. The number of nitrogens with one attached hydrogen (secondary N) is 3. The quantitative estimate of drug-likeness (QED) is 0.656. The third kappa shape index (κ3) is 5.27. The fourth-order valence-corrected chi connectivity index (χ4v) is 2.38. The Morgan fingerprint density at radius 1 is 1.28 bits per heavy atom. The number of amides is 3. The van der Waals surface area contributed by atoms with Gasteiger partial charge in [0.15, 0.2) is 0 Å². The van der Waals surface area contributed by atoms with E-state index in [9.17, 15) is 9.59 Å². The molecule has 1 unspecified atom stereocenters. The molecule has 0 heterocycles. The van der Waals surface area contributed by atoms with Gasteiger partial charge in [-0.25, -0.2) is 4.79 Å². The first-order valence-electron chi connectivity index (χ1n) is 6.25. The molecule has 3 amide bonds. The fourth-order valence-electron chi connectivity index (χ4n) is 1.58. The lowest BCUT2D eigenvalue weighted by Gasteiger charge is -2.31. The number of hydrogen-bond acceptors (Lipinski definition) is 4. The van der Waals surface area contributed by atoms with Gasteiger partial charge in [-0.15, -0.1) is 0 Å². The molecule has 0 aromatic carbocycles. The highest BCUT2D eigenvalue weighted by molar-refractivity contribution is 8.00. The topological polar surface area (TPSA) is 70.2 Å². The van der Waals surface area contributed by atoms with E-state index in [1.54, 1.807) is 6.92 Å². The van der Waals surface area contributed by atoms with E-state index >= 15 is 0 Å². The first kappa shape index (κ1) is 17.2. The van der Waals surface area contributed by atoms with E-state index in [1.807, 2.05) is 11.8 Å². The van der Waals surface area contributed by atoms with Crippen LogP contribution in [0.25, 0.3) is 0 Å². The number of carbonyl (C=O) groups excluding carboxylic acids is 2. The van der Waals surface area contributed by atoms with Crippen molar-refractivity contribution in [2.45, 2.75) is 44.4 Å². The Morgan fingerprint density at radius 3 is 2.22 bits per heavy atom. The number of thioether (sulfide) groups is 1. The molecule has 0 saturated carbocycles. The van der Waals surface area contributed by atoms with E-state index in [-0.39, 0.29) is 16.7 Å². The van der Waals surface area contributed by atoms with Crippen molar-refractivity contribution < 1.29 is 9.59 Å². The van der Waals surface area contributed by atoms with E-state index in [2.05, 4.69) is 36.1 Å². The van der Waals surface area contributed by atoms with E-state index < -0.39 is 6.03 Å². The minimum atomic E-state index is -0.476. The van der Waals surface area contributed by atoms with Gasteiger partial charge in [0.1, 0.15) is 0 Å². The van der Waals surface area contributed by atoms with Crippen molar-refractivity contribution in [2.75, 3.05) is 19.8 Å². The molecule has 6 heteroatoms. The predicted molar refractivity (Wildman–Crippen MR) is 76.9 cm³/mol. The van der Waals surface area contributed by atoms with E-state index in [1.165, 1.54) is 7.05 Å². The minimum absolute atomic E-state index is 0.154. The zero-order chi connectivity index (χ0) is 14.2. The lowest BCUT2D eigenvalue weighted by molar-refractivity contribution is -0.121. The zero-order valence-corrected chi connectivity index (χ0v) is 12.7. The first-order valence-corrected chi connectivity index (χ1v) is 7.48. The van der Waals surface area contributed by atoms with E-state index in [0.29, 0.717) is 0 Å². The molecular weight excluding hydrogens is 250 g/mol. The van der Waals surface area contributed by atoms with Gasteiger partial charge in [-0.1, -0.05) is 13.8 Å². The third-order valence-electron chi connectivity index (χ3n) is 3.31. The summed E-state index contributed by atoms with van der Waals surface area (Å²) in [6.45, 7) is 6.81. The molecule has 5 nitrogen and oxygen atoms in total. The Labute approximate surface area is 114 Å². The Balaban J connectivity index is 4.27. The summed E-state index contributed by atoms with van der Waals surface area (Å²) in [5, 5.41) is 7.81. The smallest absolute Gasteiger partial charge is 0.321 e. The van der Waals surface area contributed by atoms with Crippen molar-refractivity contribution in [1.82, 2.24) is 16.0 Å². The summed E-state index contributed by atoms with van der Waals surface area (Å²) in [7, 11) is 1.48. The van der Waals surface area contributed by atoms with Crippen molar-refractivity contribution in [3.05, 3.63) is 0 Å². The van der Waals surface area contributed by atoms with Crippen LogP contribution in [-0.4, -0.2) is 42.6 Å². The Hall–Kier alpha value is -0.750. The van der Waals surface area contributed by atoms with Crippen LogP contribution in [0.5, 0.6) is 0 Å². The summed E-state index contributed by atoms with van der Waals surface area (Å²) < 4.78 is 0.154. The highest BCUT2D eigenvalue weighted by atomic mass is 32.2. The Kier molecular flexibility index (Phi) is 8.02. The van der Waals surface area contributed by atoms with Gasteiger partial charge in [-0.05, 0) is 26.0 Å². The second kappa shape index (κ2) is 8.37. The van der Waals surface area contributed by atoms with Crippen LogP contribution >= 0.6 is 11.8 Å². The SMILES string of the molecule is CCC(CC)(CNC(C)C(=O)NC(=O)NC)SC. The molecule has 0 saturated heterocycles. The summed E-state index contributed by atoms with van der Waals surface area (Å²) in [6.07, 6.45) is 4.17. The predicted octanol–water partition coefficient (Wildman–Crippen LogP) is 1.34. The van der Waals surface area contributed by atoms with Gasteiger partial charge in [0.25, 0.3) is 0 Å². The number of hydrogen-bond donors (Lipinski definition) is 3. The van der Waals surface area contributed by atoms with Crippen LogP contribution in [0.2, 0.25) is 0 Å². The largest absolute Gasteiger partial charge is 0.341 e. The molecule has 0 bridgehead atoms. The van der Waals surface area contributed by atoms with Crippen molar-refractivity contribution in [3.63, 3.8) is 0 Å². The van der Waals surface area contributed by atoms with Crippen LogP contribution in [-0.2, 0) is 4.79 Å². The average molecular weight is 275 g/mol. The van der Waals surface area contributed by atoms with E-state index in [4.69, 9.17) is 0 Å². The maximum absolute atomic E-state index is 11.7. The van der Waals surface area contributed by atoms with Crippen LogP contribution < -0.4 is 16.0 Å². The van der Waals surface area contributed by atoms with Crippen molar-refractivity contribution >= 4 is 23.7 Å². The molecule has 0 aliphatic heterocycles. The van der Waals surface area contributed by atoms with Gasteiger partial charge in [0.05, 0.1) is 6.04 Å². The number of rotatable bonds is 7. The molecule has 0 aromatic heterocycles. The number of imide groups is 1. The lowest BCUT2D eigenvalue weighted by atomic mass is 10.0. The molecule has 3 N–H and O–H groups in total. The first-order chi connectivity index (χ1) is 8.44. The van der Waals surface area contributed by atoms with Crippen LogP contribution in [0, 0.1) is 0 Å². The molecule has 0 aliphatic rings. The Morgan fingerprint density at radius 2 is 1.83 bits per heavy atom. The van der Waals surface area contributed by atoms with Gasteiger partial charge in [0, 0.05) is 18.3 Å². The summed E-state index contributed by atoms with van der Waals surface area (Å²) >= 11 is 1.82. The highest BCUT2D eigenvalue weighted by Gasteiger charge is 2.26. The molecule has 0 spiro atoms. The van der Waals surface area contributed by atoms with Crippen LogP contribution in [0.4, 0.5) is 4.79 Å². The molecular formula is C12H25N3O2S. The molecule has 0 rings (SSSR count). The third-order valence-corrected chi connectivity index (χ3v) is 4.90. The van der Waals surface area contributed by atoms with E-state index in [0.717, 1.165) is 19.4 Å². The van der Waals surface area contributed by atoms with Crippen LogP contribution in [0.15, 0.2) is 0 Å². The number of carbonyl (C=O) groups is 2. The van der Waals surface area contributed by atoms with Gasteiger partial charge in [-0.2, -0.15) is 11.8 Å². The molecule has 0 fully saturated rings. The molecule has 106 valence electrons. The molecule has 1 atom stereocenters. The summed E-state index contributed by atoms with van der Waals surface area (Å²) in [5.74, 6) is -0.309. The van der Waals surface area contributed by atoms with Gasteiger partial charge < -0.3 is 10.6 Å². The molecule has 18 heavy (non-hydrogen) atoms.